The zero-order valence-electron chi connectivity index (χ0n) is 13.6. The van der Waals surface area contributed by atoms with Crippen LogP contribution in [0.25, 0.3) is 0 Å². The minimum Gasteiger partial charge on any atom is -0.354 e. The van der Waals surface area contributed by atoms with E-state index in [0.29, 0.717) is 19.6 Å². The molecule has 0 spiro atoms. The van der Waals surface area contributed by atoms with Crippen molar-refractivity contribution in [1.82, 2.24) is 10.2 Å². The summed E-state index contributed by atoms with van der Waals surface area (Å²) in [5, 5.41) is 3.01. The molecule has 0 saturated carbocycles. The van der Waals surface area contributed by atoms with Crippen LogP contribution < -0.4 is 11.1 Å². The number of rotatable bonds is 6. The van der Waals surface area contributed by atoms with Crippen LogP contribution in [0.3, 0.4) is 0 Å². The molecule has 3 N–H and O–H groups in total. The molecule has 1 aliphatic rings. The molecule has 2 unspecified atom stereocenters. The van der Waals surface area contributed by atoms with Crippen LogP contribution >= 0.6 is 12.4 Å². The fraction of sp³-hybridized carbons (Fsp3) is 0.588. The maximum absolute atomic E-state index is 13.0. The highest BCUT2D eigenvalue weighted by Gasteiger charge is 2.28. The van der Waals surface area contributed by atoms with E-state index in [4.69, 9.17) is 5.73 Å². The van der Waals surface area contributed by atoms with Crippen molar-refractivity contribution in [3.63, 3.8) is 0 Å². The first-order valence-corrected chi connectivity index (χ1v) is 8.06. The topological polar surface area (TPSA) is 58.4 Å². The lowest BCUT2D eigenvalue weighted by atomic mass is 10.00. The molecule has 0 aromatic heterocycles. The Morgan fingerprint density at radius 2 is 2.09 bits per heavy atom. The van der Waals surface area contributed by atoms with Crippen molar-refractivity contribution in [2.24, 2.45) is 11.7 Å². The largest absolute Gasteiger partial charge is 0.354 e. The highest BCUT2D eigenvalue weighted by atomic mass is 35.5. The number of piperidine rings is 1. The second-order valence-electron chi connectivity index (χ2n) is 6.19. The molecule has 0 radical (unpaired) electrons. The Morgan fingerprint density at radius 1 is 1.39 bits per heavy atom. The van der Waals surface area contributed by atoms with Crippen molar-refractivity contribution in [2.45, 2.75) is 38.8 Å². The summed E-state index contributed by atoms with van der Waals surface area (Å²) in [6.45, 7) is 4.81. The maximum atomic E-state index is 13.0. The molecular weight excluding hydrogens is 317 g/mol. The van der Waals surface area contributed by atoms with Gasteiger partial charge in [-0.2, -0.15) is 0 Å². The summed E-state index contributed by atoms with van der Waals surface area (Å²) < 4.78 is 13.0. The lowest BCUT2D eigenvalue weighted by molar-refractivity contribution is -0.128. The molecule has 23 heavy (non-hydrogen) atoms. The van der Waals surface area contributed by atoms with Crippen molar-refractivity contribution in [1.29, 1.82) is 0 Å². The van der Waals surface area contributed by atoms with Crippen LogP contribution in [0, 0.1) is 11.7 Å². The first kappa shape index (κ1) is 19.9. The lowest BCUT2D eigenvalue weighted by Gasteiger charge is -2.34. The van der Waals surface area contributed by atoms with Crippen LogP contribution in [0.4, 0.5) is 4.39 Å². The number of carbonyl (C=O) groups excluding carboxylic acids is 1. The van der Waals surface area contributed by atoms with Crippen LogP contribution in [-0.2, 0) is 11.3 Å². The zero-order chi connectivity index (χ0) is 15.9. The summed E-state index contributed by atoms with van der Waals surface area (Å²) >= 11 is 0. The van der Waals surface area contributed by atoms with Gasteiger partial charge in [-0.25, -0.2) is 4.39 Å². The summed E-state index contributed by atoms with van der Waals surface area (Å²) in [4.78, 5) is 14.6. The molecule has 130 valence electrons. The van der Waals surface area contributed by atoms with Crippen molar-refractivity contribution in [2.75, 3.05) is 19.6 Å². The van der Waals surface area contributed by atoms with E-state index in [9.17, 15) is 9.18 Å². The number of nitrogens with two attached hydrogens (primary N) is 1. The molecule has 2 atom stereocenters. The predicted octanol–water partition coefficient (Wildman–Crippen LogP) is 2.31. The Labute approximate surface area is 144 Å². The van der Waals surface area contributed by atoms with Gasteiger partial charge in [0.2, 0.25) is 5.91 Å². The van der Waals surface area contributed by atoms with Gasteiger partial charge in [0.1, 0.15) is 5.82 Å². The number of nitrogens with one attached hydrogen (secondary N) is 1. The van der Waals surface area contributed by atoms with E-state index in [2.05, 4.69) is 10.2 Å². The molecule has 1 saturated heterocycles. The van der Waals surface area contributed by atoms with Gasteiger partial charge >= 0.3 is 0 Å². The molecule has 1 heterocycles. The summed E-state index contributed by atoms with van der Waals surface area (Å²) in [5.41, 5.74) is 6.62. The monoisotopic (exact) mass is 343 g/mol. The maximum Gasteiger partial charge on any atom is 0.237 e. The van der Waals surface area contributed by atoms with Gasteiger partial charge in [0.15, 0.2) is 0 Å². The normalized spacial score (nSPS) is 19.7. The van der Waals surface area contributed by atoms with Crippen LogP contribution in [0.2, 0.25) is 0 Å². The average molecular weight is 344 g/mol. The molecule has 1 aliphatic heterocycles. The first-order chi connectivity index (χ1) is 10.6. The van der Waals surface area contributed by atoms with Gasteiger partial charge in [0.25, 0.3) is 0 Å². The number of nitrogens with zero attached hydrogens (tertiary/aromatic N) is 1. The second kappa shape index (κ2) is 9.85. The van der Waals surface area contributed by atoms with Gasteiger partial charge in [0, 0.05) is 13.1 Å². The van der Waals surface area contributed by atoms with Crippen LogP contribution in [0.15, 0.2) is 24.3 Å². The fourth-order valence-electron chi connectivity index (χ4n) is 2.78. The number of benzene rings is 1. The molecule has 1 fully saturated rings. The summed E-state index contributed by atoms with van der Waals surface area (Å²) in [5.74, 6) is 0.146. The Kier molecular flexibility index (Phi) is 8.52. The molecule has 2 rings (SSSR count). The molecule has 0 bridgehead atoms. The number of carbonyl (C=O) groups is 1. The highest BCUT2D eigenvalue weighted by molar-refractivity contribution is 5.85. The van der Waals surface area contributed by atoms with Gasteiger partial charge in [-0.1, -0.05) is 25.5 Å². The fourth-order valence-corrected chi connectivity index (χ4v) is 2.78. The van der Waals surface area contributed by atoms with Gasteiger partial charge in [-0.3, -0.25) is 9.69 Å². The molecular formula is C17H27ClFN3O. The number of halogens is 2. The SMILES string of the molecule is CC(CN)CNC(=O)C1CCCCN1Cc1ccc(F)cc1.Cl. The third-order valence-electron chi connectivity index (χ3n) is 4.24. The quantitative estimate of drug-likeness (QED) is 0.833. The molecule has 4 nitrogen and oxygen atoms in total. The average Bonchev–Trinajstić information content (AvgIpc) is 2.55. The number of hydrogen-bond donors (Lipinski definition) is 2. The van der Waals surface area contributed by atoms with E-state index in [-0.39, 0.29) is 36.1 Å². The Morgan fingerprint density at radius 3 is 2.74 bits per heavy atom. The van der Waals surface area contributed by atoms with E-state index in [1.54, 1.807) is 12.1 Å². The van der Waals surface area contributed by atoms with E-state index >= 15 is 0 Å². The summed E-state index contributed by atoms with van der Waals surface area (Å²) in [6, 6.07) is 6.42. The van der Waals surface area contributed by atoms with Gasteiger partial charge in [-0.15, -0.1) is 12.4 Å². The predicted molar refractivity (Wildman–Crippen MR) is 92.9 cm³/mol. The minimum absolute atomic E-state index is 0. The Bertz CT molecular complexity index is 483. The van der Waals surface area contributed by atoms with Crippen LogP contribution in [0.1, 0.15) is 31.7 Å². The number of hydrogen-bond acceptors (Lipinski definition) is 3. The van der Waals surface area contributed by atoms with Crippen molar-refractivity contribution < 1.29 is 9.18 Å². The molecule has 1 aromatic rings. The first-order valence-electron chi connectivity index (χ1n) is 8.06. The van der Waals surface area contributed by atoms with E-state index < -0.39 is 0 Å². The summed E-state index contributed by atoms with van der Waals surface area (Å²) in [6.07, 6.45) is 3.05. The molecule has 0 aliphatic carbocycles. The third kappa shape index (κ3) is 6.09. The number of amides is 1. The van der Waals surface area contributed by atoms with E-state index in [1.165, 1.54) is 12.1 Å². The smallest absolute Gasteiger partial charge is 0.237 e. The zero-order valence-corrected chi connectivity index (χ0v) is 14.4. The highest BCUT2D eigenvalue weighted by Crippen LogP contribution is 2.20. The third-order valence-corrected chi connectivity index (χ3v) is 4.24. The standard InChI is InChI=1S/C17H26FN3O.ClH/c1-13(10-19)11-20-17(22)16-4-2-3-9-21(16)12-14-5-7-15(18)8-6-14;/h5-8,13,16H,2-4,9-12,19H2,1H3,(H,20,22);1H. The molecule has 1 amide bonds. The molecule has 1 aromatic carbocycles. The lowest BCUT2D eigenvalue weighted by Crippen LogP contribution is -2.50. The van der Waals surface area contributed by atoms with Crippen LogP contribution in [0.5, 0.6) is 0 Å². The van der Waals surface area contributed by atoms with Gasteiger partial charge < -0.3 is 11.1 Å². The van der Waals surface area contributed by atoms with Gasteiger partial charge in [0.05, 0.1) is 6.04 Å². The van der Waals surface area contributed by atoms with E-state index in [0.717, 1.165) is 31.4 Å². The van der Waals surface area contributed by atoms with E-state index in [1.807, 2.05) is 6.92 Å². The molecule has 6 heteroatoms. The van der Waals surface area contributed by atoms with Crippen molar-refractivity contribution >= 4 is 18.3 Å². The second-order valence-corrected chi connectivity index (χ2v) is 6.19. The Hall–Kier alpha value is -1.17. The summed E-state index contributed by atoms with van der Waals surface area (Å²) in [7, 11) is 0. The van der Waals surface area contributed by atoms with Gasteiger partial charge in [-0.05, 0) is 49.5 Å². The van der Waals surface area contributed by atoms with Crippen molar-refractivity contribution in [3.05, 3.63) is 35.6 Å². The Balaban J connectivity index is 0.00000264. The number of likely N-dealkylation sites (tertiary alicyclic amines) is 1. The van der Waals surface area contributed by atoms with Crippen LogP contribution in [-0.4, -0.2) is 36.5 Å². The van der Waals surface area contributed by atoms with Crippen molar-refractivity contribution in [3.8, 4) is 0 Å². The minimum atomic E-state index is -0.229.